The van der Waals surface area contributed by atoms with E-state index in [2.05, 4.69) is 18.4 Å². The van der Waals surface area contributed by atoms with Gasteiger partial charge in [-0.3, -0.25) is 0 Å². The lowest BCUT2D eigenvalue weighted by Gasteiger charge is -2.10. The molecule has 0 radical (unpaired) electrons. The van der Waals surface area contributed by atoms with E-state index < -0.39 is 0 Å². The van der Waals surface area contributed by atoms with Crippen LogP contribution < -0.4 is 5.73 Å². The van der Waals surface area contributed by atoms with Gasteiger partial charge in [-0.25, -0.2) is 4.98 Å². The summed E-state index contributed by atoms with van der Waals surface area (Å²) in [5, 5.41) is 0.708. The van der Waals surface area contributed by atoms with E-state index in [1.54, 1.807) is 0 Å². The Labute approximate surface area is 129 Å². The van der Waals surface area contributed by atoms with Crippen LogP contribution in [0.5, 0.6) is 0 Å². The summed E-state index contributed by atoms with van der Waals surface area (Å²) in [5.41, 5.74) is 11.0. The summed E-state index contributed by atoms with van der Waals surface area (Å²) < 4.78 is 2.24. The van der Waals surface area contributed by atoms with Gasteiger partial charge in [-0.05, 0) is 49.2 Å². The molecule has 0 amide bonds. The number of benzene rings is 2. The molecule has 21 heavy (non-hydrogen) atoms. The van der Waals surface area contributed by atoms with Crippen LogP contribution in [0.25, 0.3) is 22.4 Å². The molecule has 0 spiro atoms. The Morgan fingerprint density at radius 1 is 1.19 bits per heavy atom. The second-order valence-corrected chi connectivity index (χ2v) is 5.73. The standard InChI is InChI=1S/C17H18ClN3/c1-3-8-21-16-7-5-12(18)9-15(16)20-17(21)14-10-13(19)6-4-11(14)2/h4-7,9-10H,3,8,19H2,1-2H3. The Morgan fingerprint density at radius 3 is 2.76 bits per heavy atom. The van der Waals surface area contributed by atoms with Crippen LogP contribution in [0.15, 0.2) is 36.4 Å². The van der Waals surface area contributed by atoms with Crippen molar-refractivity contribution in [2.75, 3.05) is 5.73 Å². The molecular weight excluding hydrogens is 282 g/mol. The predicted molar refractivity (Wildman–Crippen MR) is 89.6 cm³/mol. The van der Waals surface area contributed by atoms with E-state index in [1.807, 2.05) is 36.4 Å². The van der Waals surface area contributed by atoms with Gasteiger partial charge in [-0.1, -0.05) is 24.6 Å². The molecule has 3 aromatic rings. The zero-order valence-corrected chi connectivity index (χ0v) is 13.0. The fourth-order valence-corrected chi connectivity index (χ4v) is 2.81. The number of imidazole rings is 1. The molecule has 1 heterocycles. The van der Waals surface area contributed by atoms with Gasteiger partial charge in [-0.15, -0.1) is 0 Å². The van der Waals surface area contributed by atoms with Crippen LogP contribution in [-0.2, 0) is 6.54 Å². The molecule has 0 bridgehead atoms. The van der Waals surface area contributed by atoms with E-state index in [-0.39, 0.29) is 0 Å². The maximum absolute atomic E-state index is 6.09. The molecule has 1 aromatic heterocycles. The molecule has 0 aliphatic carbocycles. The van der Waals surface area contributed by atoms with Crippen LogP contribution in [0.4, 0.5) is 5.69 Å². The highest BCUT2D eigenvalue weighted by atomic mass is 35.5. The molecule has 2 N–H and O–H groups in total. The smallest absolute Gasteiger partial charge is 0.141 e. The van der Waals surface area contributed by atoms with Crippen molar-refractivity contribution < 1.29 is 0 Å². The number of fused-ring (bicyclic) bond motifs is 1. The average Bonchev–Trinajstić information content (AvgIpc) is 2.80. The summed E-state index contributed by atoms with van der Waals surface area (Å²) in [5.74, 6) is 0.957. The molecule has 0 fully saturated rings. The normalized spacial score (nSPS) is 11.2. The number of anilines is 1. The van der Waals surface area contributed by atoms with Crippen molar-refractivity contribution in [1.82, 2.24) is 9.55 Å². The molecule has 3 nitrogen and oxygen atoms in total. The van der Waals surface area contributed by atoms with E-state index in [9.17, 15) is 0 Å². The summed E-state index contributed by atoms with van der Waals surface area (Å²) >= 11 is 6.09. The predicted octanol–water partition coefficient (Wildman–Crippen LogP) is 4.66. The Balaban J connectivity index is 2.30. The van der Waals surface area contributed by atoms with Gasteiger partial charge in [0.15, 0.2) is 0 Å². The number of hydrogen-bond acceptors (Lipinski definition) is 2. The third-order valence-corrected chi connectivity index (χ3v) is 3.90. The van der Waals surface area contributed by atoms with Crippen LogP contribution in [-0.4, -0.2) is 9.55 Å². The number of hydrogen-bond donors (Lipinski definition) is 1. The highest BCUT2D eigenvalue weighted by Gasteiger charge is 2.14. The summed E-state index contributed by atoms with van der Waals surface area (Å²) in [7, 11) is 0. The van der Waals surface area contributed by atoms with E-state index in [0.717, 1.165) is 41.1 Å². The second kappa shape index (κ2) is 5.41. The van der Waals surface area contributed by atoms with Crippen molar-refractivity contribution in [1.29, 1.82) is 0 Å². The molecule has 0 aliphatic heterocycles. The third kappa shape index (κ3) is 2.49. The van der Waals surface area contributed by atoms with Crippen molar-refractivity contribution in [2.24, 2.45) is 0 Å². The molecule has 4 heteroatoms. The van der Waals surface area contributed by atoms with Crippen LogP contribution >= 0.6 is 11.6 Å². The average molecular weight is 300 g/mol. The van der Waals surface area contributed by atoms with Crippen LogP contribution in [0.3, 0.4) is 0 Å². The van der Waals surface area contributed by atoms with Crippen LogP contribution in [0.1, 0.15) is 18.9 Å². The minimum atomic E-state index is 0.708. The maximum Gasteiger partial charge on any atom is 0.141 e. The summed E-state index contributed by atoms with van der Waals surface area (Å²) in [6.07, 6.45) is 1.04. The van der Waals surface area contributed by atoms with Gasteiger partial charge in [-0.2, -0.15) is 0 Å². The number of rotatable bonds is 3. The molecular formula is C17H18ClN3. The first-order valence-corrected chi connectivity index (χ1v) is 7.50. The Kier molecular flexibility index (Phi) is 3.60. The summed E-state index contributed by atoms with van der Waals surface area (Å²) in [6, 6.07) is 11.8. The molecule has 2 aromatic carbocycles. The quantitative estimate of drug-likeness (QED) is 0.715. The molecule has 0 atom stereocenters. The van der Waals surface area contributed by atoms with Crippen LogP contribution in [0, 0.1) is 6.92 Å². The van der Waals surface area contributed by atoms with Crippen molar-refractivity contribution in [3.8, 4) is 11.4 Å². The number of aromatic nitrogens is 2. The topological polar surface area (TPSA) is 43.8 Å². The van der Waals surface area contributed by atoms with Gasteiger partial charge in [0, 0.05) is 22.8 Å². The molecule has 0 saturated carbocycles. The summed E-state index contributed by atoms with van der Waals surface area (Å²) in [4.78, 5) is 4.79. The Bertz CT molecular complexity index is 805. The monoisotopic (exact) mass is 299 g/mol. The van der Waals surface area contributed by atoms with Gasteiger partial charge in [0.2, 0.25) is 0 Å². The largest absolute Gasteiger partial charge is 0.399 e. The van der Waals surface area contributed by atoms with Gasteiger partial charge in [0.1, 0.15) is 5.82 Å². The maximum atomic E-state index is 6.09. The fraction of sp³-hybridized carbons (Fsp3) is 0.235. The Hall–Kier alpha value is -2.00. The first-order valence-electron chi connectivity index (χ1n) is 7.12. The number of halogens is 1. The Morgan fingerprint density at radius 2 is 2.00 bits per heavy atom. The molecule has 0 saturated heterocycles. The van der Waals surface area contributed by atoms with E-state index >= 15 is 0 Å². The van der Waals surface area contributed by atoms with Gasteiger partial charge >= 0.3 is 0 Å². The molecule has 0 unspecified atom stereocenters. The summed E-state index contributed by atoms with van der Waals surface area (Å²) in [6.45, 7) is 5.16. The van der Waals surface area contributed by atoms with Gasteiger partial charge in [0.05, 0.1) is 11.0 Å². The minimum Gasteiger partial charge on any atom is -0.399 e. The number of aryl methyl sites for hydroxylation is 2. The van der Waals surface area contributed by atoms with Crippen molar-refractivity contribution in [2.45, 2.75) is 26.8 Å². The lowest BCUT2D eigenvalue weighted by molar-refractivity contribution is 0.704. The lowest BCUT2D eigenvalue weighted by Crippen LogP contribution is -2.01. The highest BCUT2D eigenvalue weighted by molar-refractivity contribution is 6.31. The zero-order chi connectivity index (χ0) is 15.0. The van der Waals surface area contributed by atoms with Gasteiger partial charge < -0.3 is 10.3 Å². The number of nitrogens with zero attached hydrogens (tertiary/aromatic N) is 2. The van der Waals surface area contributed by atoms with E-state index in [1.165, 1.54) is 5.56 Å². The number of nitrogen functional groups attached to an aromatic ring is 1. The first-order chi connectivity index (χ1) is 10.1. The minimum absolute atomic E-state index is 0.708. The van der Waals surface area contributed by atoms with Crippen molar-refractivity contribution >= 4 is 28.3 Å². The number of nitrogens with two attached hydrogens (primary N) is 1. The zero-order valence-electron chi connectivity index (χ0n) is 12.2. The third-order valence-electron chi connectivity index (χ3n) is 3.66. The van der Waals surface area contributed by atoms with E-state index in [0.29, 0.717) is 5.02 Å². The molecule has 108 valence electrons. The highest BCUT2D eigenvalue weighted by Crippen LogP contribution is 2.30. The van der Waals surface area contributed by atoms with Crippen LogP contribution in [0.2, 0.25) is 5.02 Å². The van der Waals surface area contributed by atoms with Crippen molar-refractivity contribution in [3.05, 3.63) is 47.0 Å². The van der Waals surface area contributed by atoms with Gasteiger partial charge in [0.25, 0.3) is 0 Å². The first kappa shape index (κ1) is 14.0. The second-order valence-electron chi connectivity index (χ2n) is 5.29. The SMILES string of the molecule is CCCn1c(-c2cc(N)ccc2C)nc2cc(Cl)ccc21. The fourth-order valence-electron chi connectivity index (χ4n) is 2.64. The molecule has 3 rings (SSSR count). The van der Waals surface area contributed by atoms with Crippen molar-refractivity contribution in [3.63, 3.8) is 0 Å². The van der Waals surface area contributed by atoms with E-state index in [4.69, 9.17) is 22.3 Å². The lowest BCUT2D eigenvalue weighted by atomic mass is 10.1. The molecule has 0 aliphatic rings.